The third kappa shape index (κ3) is 4.99. The molecular formula is C26H30ClNO6. The van der Waals surface area contributed by atoms with Gasteiger partial charge in [0.1, 0.15) is 23.0 Å². The topological polar surface area (TPSA) is 85.3 Å². The van der Waals surface area contributed by atoms with Crippen molar-refractivity contribution in [2.75, 3.05) is 27.4 Å². The van der Waals surface area contributed by atoms with Gasteiger partial charge in [0, 0.05) is 12.6 Å². The lowest BCUT2D eigenvalue weighted by Crippen LogP contribution is -2.30. The number of nitrogens with zero attached hydrogens (tertiary/aromatic N) is 1. The molecule has 1 unspecified atom stereocenters. The molecule has 1 fully saturated rings. The number of likely N-dealkylation sites (tertiary alicyclic amines) is 1. The zero-order valence-corrected chi connectivity index (χ0v) is 20.8. The number of halogens is 1. The molecule has 1 atom stereocenters. The molecule has 0 saturated carbocycles. The fourth-order valence-corrected chi connectivity index (χ4v) is 4.13. The van der Waals surface area contributed by atoms with Crippen LogP contribution in [0.25, 0.3) is 5.76 Å². The number of hydrogen-bond donors (Lipinski definition) is 1. The van der Waals surface area contributed by atoms with Crippen LogP contribution in [-0.4, -0.2) is 49.1 Å². The molecule has 8 heteroatoms. The van der Waals surface area contributed by atoms with Gasteiger partial charge in [0.05, 0.1) is 43.0 Å². The molecule has 0 aromatic heterocycles. The minimum atomic E-state index is -0.759. The first kappa shape index (κ1) is 25.4. The Kier molecular flexibility index (Phi) is 8.10. The minimum absolute atomic E-state index is 0.0167. The van der Waals surface area contributed by atoms with Crippen LogP contribution in [-0.2, 0) is 9.59 Å². The highest BCUT2D eigenvalue weighted by atomic mass is 35.5. The highest BCUT2D eigenvalue weighted by Gasteiger charge is 2.46. The predicted octanol–water partition coefficient (Wildman–Crippen LogP) is 5.22. The number of methoxy groups -OCH3 is 2. The number of aliphatic hydroxyl groups excluding tert-OH is 1. The van der Waals surface area contributed by atoms with Crippen LogP contribution in [0.1, 0.15) is 44.4 Å². The van der Waals surface area contributed by atoms with Gasteiger partial charge in [-0.1, -0.05) is 44.5 Å². The highest BCUT2D eigenvalue weighted by molar-refractivity contribution is 6.46. The van der Waals surface area contributed by atoms with Gasteiger partial charge in [0.25, 0.3) is 11.7 Å². The van der Waals surface area contributed by atoms with Crippen LogP contribution in [0, 0.1) is 5.92 Å². The molecule has 0 spiro atoms. The number of carbonyl (C=O) groups is 2. The zero-order valence-electron chi connectivity index (χ0n) is 20.1. The van der Waals surface area contributed by atoms with Crippen LogP contribution >= 0.6 is 11.6 Å². The van der Waals surface area contributed by atoms with E-state index < -0.39 is 17.7 Å². The molecule has 0 aliphatic carbocycles. The van der Waals surface area contributed by atoms with Crippen molar-refractivity contribution in [2.24, 2.45) is 5.92 Å². The van der Waals surface area contributed by atoms with Crippen LogP contribution in [0.3, 0.4) is 0 Å². The van der Waals surface area contributed by atoms with Gasteiger partial charge < -0.3 is 24.2 Å². The van der Waals surface area contributed by atoms with Crippen molar-refractivity contribution in [2.45, 2.75) is 33.2 Å². The predicted molar refractivity (Wildman–Crippen MR) is 131 cm³/mol. The summed E-state index contributed by atoms with van der Waals surface area (Å²) in [7, 11) is 2.87. The van der Waals surface area contributed by atoms with E-state index in [9.17, 15) is 14.7 Å². The van der Waals surface area contributed by atoms with E-state index in [1.807, 2.05) is 19.1 Å². The fourth-order valence-electron chi connectivity index (χ4n) is 3.90. The highest BCUT2D eigenvalue weighted by Crippen LogP contribution is 2.43. The Balaban J connectivity index is 2.15. The van der Waals surface area contributed by atoms with Gasteiger partial charge in [0.2, 0.25) is 0 Å². The number of amides is 1. The van der Waals surface area contributed by atoms with Crippen molar-refractivity contribution in [3.05, 3.63) is 58.1 Å². The summed E-state index contributed by atoms with van der Waals surface area (Å²) in [6.45, 7) is 6.98. The molecule has 1 saturated heterocycles. The van der Waals surface area contributed by atoms with Gasteiger partial charge in [-0.2, -0.15) is 0 Å². The number of ether oxygens (including phenoxy) is 3. The van der Waals surface area contributed by atoms with E-state index in [0.29, 0.717) is 42.6 Å². The second-order valence-electron chi connectivity index (χ2n) is 8.45. The summed E-state index contributed by atoms with van der Waals surface area (Å²) in [6.07, 6.45) is 0.650. The normalized spacial score (nSPS) is 17.4. The van der Waals surface area contributed by atoms with Gasteiger partial charge in [-0.05, 0) is 36.1 Å². The first-order valence-electron chi connectivity index (χ1n) is 11.2. The van der Waals surface area contributed by atoms with E-state index in [4.69, 9.17) is 25.8 Å². The minimum Gasteiger partial charge on any atom is -0.507 e. The van der Waals surface area contributed by atoms with Crippen molar-refractivity contribution >= 4 is 29.1 Å². The van der Waals surface area contributed by atoms with Gasteiger partial charge >= 0.3 is 0 Å². The molecule has 3 rings (SSSR count). The average Bonchev–Trinajstić information content (AvgIpc) is 3.07. The van der Waals surface area contributed by atoms with Crippen molar-refractivity contribution in [3.8, 4) is 17.2 Å². The summed E-state index contributed by atoms with van der Waals surface area (Å²) in [6, 6.07) is 9.44. The lowest BCUT2D eigenvalue weighted by molar-refractivity contribution is -0.139. The standard InChI is InChI=1S/C26H30ClNO6/c1-6-11-28-23(16-7-9-17(10-8-16)34-14-15(2)3)22(25(30)26(28)31)24(29)18-12-21(33-5)19(27)13-20(18)32-4/h7-10,12-13,15,23,29H,6,11,14H2,1-5H3/b24-22+. The quantitative estimate of drug-likeness (QED) is 0.296. The maximum Gasteiger partial charge on any atom is 0.295 e. The zero-order chi connectivity index (χ0) is 25.0. The largest absolute Gasteiger partial charge is 0.507 e. The van der Waals surface area contributed by atoms with E-state index in [1.165, 1.54) is 31.3 Å². The number of rotatable bonds is 9. The van der Waals surface area contributed by atoms with Crippen LogP contribution in [0.15, 0.2) is 42.0 Å². The van der Waals surface area contributed by atoms with E-state index in [2.05, 4.69) is 13.8 Å². The maximum absolute atomic E-state index is 13.1. The van der Waals surface area contributed by atoms with Gasteiger partial charge in [-0.25, -0.2) is 0 Å². The third-order valence-corrected chi connectivity index (χ3v) is 5.81. The second kappa shape index (κ2) is 10.8. The van der Waals surface area contributed by atoms with Crippen molar-refractivity contribution in [3.63, 3.8) is 0 Å². The molecular weight excluding hydrogens is 458 g/mol. The summed E-state index contributed by atoms with van der Waals surface area (Å²) >= 11 is 6.20. The molecule has 1 heterocycles. The summed E-state index contributed by atoms with van der Waals surface area (Å²) in [5.74, 6) is -0.151. The number of Topliss-reactive ketones (excluding diaryl/α,β-unsaturated/α-hetero) is 1. The van der Waals surface area contributed by atoms with Crippen LogP contribution in [0.2, 0.25) is 5.02 Å². The first-order valence-corrected chi connectivity index (χ1v) is 11.5. The molecule has 34 heavy (non-hydrogen) atoms. The van der Waals surface area contributed by atoms with Crippen molar-refractivity contribution in [1.82, 2.24) is 4.90 Å². The Bertz CT molecular complexity index is 1090. The summed E-state index contributed by atoms with van der Waals surface area (Å²) in [5, 5.41) is 11.6. The van der Waals surface area contributed by atoms with Gasteiger partial charge in [0.15, 0.2) is 0 Å². The van der Waals surface area contributed by atoms with Crippen LogP contribution < -0.4 is 14.2 Å². The van der Waals surface area contributed by atoms with Gasteiger partial charge in [-0.15, -0.1) is 0 Å². The van der Waals surface area contributed by atoms with Gasteiger partial charge in [-0.3, -0.25) is 9.59 Å². The average molecular weight is 488 g/mol. The lowest BCUT2D eigenvalue weighted by atomic mass is 9.94. The number of hydrogen-bond acceptors (Lipinski definition) is 6. The van der Waals surface area contributed by atoms with Crippen LogP contribution in [0.5, 0.6) is 17.2 Å². The summed E-state index contributed by atoms with van der Waals surface area (Å²) in [5.41, 5.74) is 0.878. The molecule has 0 bridgehead atoms. The van der Waals surface area contributed by atoms with E-state index in [1.54, 1.807) is 12.1 Å². The van der Waals surface area contributed by atoms with Crippen molar-refractivity contribution < 1.29 is 28.9 Å². The van der Waals surface area contributed by atoms with Crippen molar-refractivity contribution in [1.29, 1.82) is 0 Å². The molecule has 1 N–H and O–H groups in total. The molecule has 2 aromatic carbocycles. The maximum atomic E-state index is 13.1. The Hall–Kier alpha value is -3.19. The third-order valence-electron chi connectivity index (χ3n) is 5.51. The molecule has 1 aliphatic rings. The Morgan fingerprint density at radius 1 is 1.09 bits per heavy atom. The molecule has 2 aromatic rings. The molecule has 1 aliphatic heterocycles. The Morgan fingerprint density at radius 3 is 2.29 bits per heavy atom. The summed E-state index contributed by atoms with van der Waals surface area (Å²) in [4.78, 5) is 27.5. The molecule has 1 amide bonds. The SMILES string of the molecule is CCCN1C(=O)C(=O)/C(=C(/O)c2cc(OC)c(Cl)cc2OC)C1c1ccc(OCC(C)C)cc1. The Morgan fingerprint density at radius 2 is 1.74 bits per heavy atom. The molecule has 0 radical (unpaired) electrons. The second-order valence-corrected chi connectivity index (χ2v) is 8.86. The van der Waals surface area contributed by atoms with E-state index in [-0.39, 0.29) is 27.7 Å². The lowest BCUT2D eigenvalue weighted by Gasteiger charge is -2.25. The van der Waals surface area contributed by atoms with E-state index >= 15 is 0 Å². The smallest absolute Gasteiger partial charge is 0.295 e. The van der Waals surface area contributed by atoms with Crippen LogP contribution in [0.4, 0.5) is 0 Å². The number of ketones is 1. The first-order chi connectivity index (χ1) is 16.2. The van der Waals surface area contributed by atoms with E-state index in [0.717, 1.165) is 0 Å². The monoisotopic (exact) mass is 487 g/mol. The number of aliphatic hydroxyl groups is 1. The number of benzene rings is 2. The molecule has 182 valence electrons. The summed E-state index contributed by atoms with van der Waals surface area (Å²) < 4.78 is 16.4. The Labute approximate surface area is 204 Å². The molecule has 7 nitrogen and oxygen atoms in total. The number of carbonyl (C=O) groups excluding carboxylic acids is 2. The fraction of sp³-hybridized carbons (Fsp3) is 0.385.